The molecule has 0 radical (unpaired) electrons. The summed E-state index contributed by atoms with van der Waals surface area (Å²) in [7, 11) is 1.30. The van der Waals surface area contributed by atoms with Crippen LogP contribution in [0.15, 0.2) is 6.07 Å². The fraction of sp³-hybridized carbons (Fsp3) is 0.385. The van der Waals surface area contributed by atoms with Gasteiger partial charge in [0.2, 0.25) is 0 Å². The molecule has 6 heteroatoms. The van der Waals surface area contributed by atoms with Gasteiger partial charge in [-0.15, -0.1) is 11.3 Å². The second kappa shape index (κ2) is 7.56. The lowest BCUT2D eigenvalue weighted by Gasteiger charge is -2.01. The molecule has 0 bridgehead atoms. The minimum Gasteiger partial charge on any atom is -0.469 e. The number of hydrogen-bond acceptors (Lipinski definition) is 5. The lowest BCUT2D eigenvalue weighted by Crippen LogP contribution is -2.25. The van der Waals surface area contributed by atoms with Crippen molar-refractivity contribution in [2.45, 2.75) is 13.3 Å². The van der Waals surface area contributed by atoms with Crippen LogP contribution in [0.5, 0.6) is 0 Å². The van der Waals surface area contributed by atoms with Gasteiger partial charge < -0.3 is 15.2 Å². The summed E-state index contributed by atoms with van der Waals surface area (Å²) in [6.45, 7) is 1.88. The van der Waals surface area contributed by atoms with Crippen molar-refractivity contribution in [2.75, 3.05) is 20.3 Å². The molecule has 2 N–H and O–H groups in total. The SMILES string of the molecule is COC(=O)CCNC(=O)c1cc(C)c(C#CCO)s1. The number of nitrogens with one attached hydrogen (secondary N) is 1. The van der Waals surface area contributed by atoms with Crippen LogP contribution in [0.4, 0.5) is 0 Å². The Hall–Kier alpha value is -1.84. The number of carbonyl (C=O) groups is 2. The molecule has 0 fully saturated rings. The van der Waals surface area contributed by atoms with Crippen molar-refractivity contribution in [3.05, 3.63) is 21.4 Å². The molecule has 0 saturated heterocycles. The van der Waals surface area contributed by atoms with E-state index < -0.39 is 0 Å². The van der Waals surface area contributed by atoms with E-state index in [1.807, 2.05) is 6.92 Å². The zero-order chi connectivity index (χ0) is 14.3. The third kappa shape index (κ3) is 4.73. The van der Waals surface area contributed by atoms with Gasteiger partial charge in [-0.05, 0) is 18.6 Å². The summed E-state index contributed by atoms with van der Waals surface area (Å²) >= 11 is 1.26. The van der Waals surface area contributed by atoms with Crippen LogP contribution in [0, 0.1) is 18.8 Å². The number of rotatable bonds is 4. The number of aliphatic hydroxyl groups is 1. The zero-order valence-electron chi connectivity index (χ0n) is 10.8. The number of hydrogen-bond donors (Lipinski definition) is 2. The molecule has 0 aliphatic carbocycles. The predicted octanol–water partition coefficient (Wildman–Crippen LogP) is 0.693. The standard InChI is InChI=1S/C13H15NO4S/c1-9-8-11(19-10(9)4-3-7-15)13(17)14-6-5-12(16)18-2/h8,15H,5-7H2,1-2H3,(H,14,17). The number of esters is 1. The van der Waals surface area contributed by atoms with E-state index in [1.54, 1.807) is 6.07 Å². The highest BCUT2D eigenvalue weighted by molar-refractivity contribution is 7.14. The summed E-state index contributed by atoms with van der Waals surface area (Å²) in [5, 5.41) is 11.3. The van der Waals surface area contributed by atoms with Crippen LogP contribution in [-0.2, 0) is 9.53 Å². The van der Waals surface area contributed by atoms with Crippen molar-refractivity contribution in [3.63, 3.8) is 0 Å². The number of aryl methyl sites for hydroxylation is 1. The Morgan fingerprint density at radius 3 is 2.89 bits per heavy atom. The van der Waals surface area contributed by atoms with E-state index in [9.17, 15) is 9.59 Å². The summed E-state index contributed by atoms with van der Waals surface area (Å²) in [5.41, 5.74) is 0.893. The molecule has 1 aromatic rings. The molecule has 5 nitrogen and oxygen atoms in total. The Labute approximate surface area is 115 Å². The molecule has 0 aliphatic heterocycles. The van der Waals surface area contributed by atoms with Crippen LogP contribution in [0.25, 0.3) is 0 Å². The maximum Gasteiger partial charge on any atom is 0.307 e. The molecule has 1 heterocycles. The van der Waals surface area contributed by atoms with Crippen LogP contribution in [0.2, 0.25) is 0 Å². The van der Waals surface area contributed by atoms with E-state index in [0.29, 0.717) is 4.88 Å². The molecular formula is C13H15NO4S. The second-order valence-corrected chi connectivity index (χ2v) is 4.72. The Balaban J connectivity index is 2.60. The maximum atomic E-state index is 11.8. The normalized spacial score (nSPS) is 9.42. The molecule has 0 spiro atoms. The van der Waals surface area contributed by atoms with Gasteiger partial charge in [0.05, 0.1) is 23.3 Å². The maximum absolute atomic E-state index is 11.8. The zero-order valence-corrected chi connectivity index (χ0v) is 11.6. The van der Waals surface area contributed by atoms with E-state index in [1.165, 1.54) is 18.4 Å². The molecule has 19 heavy (non-hydrogen) atoms. The van der Waals surface area contributed by atoms with Gasteiger partial charge >= 0.3 is 5.97 Å². The lowest BCUT2D eigenvalue weighted by molar-refractivity contribution is -0.140. The van der Waals surface area contributed by atoms with Crippen LogP contribution in [0.1, 0.15) is 26.5 Å². The number of ether oxygens (including phenoxy) is 1. The molecule has 0 saturated carbocycles. The number of thiophene rings is 1. The Kier molecular flexibility index (Phi) is 6.06. The third-order valence-corrected chi connectivity index (χ3v) is 3.42. The summed E-state index contributed by atoms with van der Waals surface area (Å²) in [5.74, 6) is 4.73. The van der Waals surface area contributed by atoms with Crippen molar-refractivity contribution in [2.24, 2.45) is 0 Å². The molecule has 1 rings (SSSR count). The van der Waals surface area contributed by atoms with E-state index in [-0.39, 0.29) is 31.4 Å². The lowest BCUT2D eigenvalue weighted by atomic mass is 10.2. The van der Waals surface area contributed by atoms with Gasteiger partial charge in [-0.1, -0.05) is 11.8 Å². The smallest absolute Gasteiger partial charge is 0.307 e. The molecule has 0 atom stereocenters. The average molecular weight is 281 g/mol. The minimum atomic E-state index is -0.364. The highest BCUT2D eigenvalue weighted by Gasteiger charge is 2.11. The number of carbonyl (C=O) groups excluding carboxylic acids is 2. The fourth-order valence-electron chi connectivity index (χ4n) is 1.31. The first kappa shape index (κ1) is 15.2. The summed E-state index contributed by atoms with van der Waals surface area (Å²) in [6, 6.07) is 1.74. The van der Waals surface area contributed by atoms with Crippen molar-refractivity contribution >= 4 is 23.2 Å². The highest BCUT2D eigenvalue weighted by Crippen LogP contribution is 2.20. The summed E-state index contributed by atoms with van der Waals surface area (Å²) in [4.78, 5) is 24.0. The van der Waals surface area contributed by atoms with Gasteiger partial charge in [-0.3, -0.25) is 9.59 Å². The number of amides is 1. The minimum absolute atomic E-state index is 0.143. The fourth-order valence-corrected chi connectivity index (χ4v) is 2.27. The van der Waals surface area contributed by atoms with Crippen molar-refractivity contribution in [1.29, 1.82) is 0 Å². The molecule has 0 unspecified atom stereocenters. The first-order chi connectivity index (χ1) is 9.08. The highest BCUT2D eigenvalue weighted by atomic mass is 32.1. The quantitative estimate of drug-likeness (QED) is 0.629. The monoisotopic (exact) mass is 281 g/mol. The van der Waals surface area contributed by atoms with Crippen LogP contribution < -0.4 is 5.32 Å². The van der Waals surface area contributed by atoms with Crippen molar-refractivity contribution in [3.8, 4) is 11.8 Å². The largest absolute Gasteiger partial charge is 0.469 e. The van der Waals surface area contributed by atoms with E-state index >= 15 is 0 Å². The molecule has 1 amide bonds. The molecule has 0 aromatic carbocycles. The van der Waals surface area contributed by atoms with Gasteiger partial charge in [0.15, 0.2) is 0 Å². The Bertz CT molecular complexity index is 524. The van der Waals surface area contributed by atoms with E-state index in [2.05, 4.69) is 21.9 Å². The van der Waals surface area contributed by atoms with Crippen molar-refractivity contribution in [1.82, 2.24) is 5.32 Å². The predicted molar refractivity (Wildman–Crippen MR) is 72.0 cm³/mol. The van der Waals surface area contributed by atoms with Gasteiger partial charge in [0.1, 0.15) is 6.61 Å². The first-order valence-corrected chi connectivity index (χ1v) is 6.45. The molecular weight excluding hydrogens is 266 g/mol. The average Bonchev–Trinajstić information content (AvgIpc) is 2.77. The van der Waals surface area contributed by atoms with Crippen LogP contribution >= 0.6 is 11.3 Å². The summed E-state index contributed by atoms with van der Waals surface area (Å²) in [6.07, 6.45) is 0.143. The van der Waals surface area contributed by atoms with E-state index in [4.69, 9.17) is 5.11 Å². The van der Waals surface area contributed by atoms with Crippen LogP contribution in [0.3, 0.4) is 0 Å². The van der Waals surface area contributed by atoms with Crippen molar-refractivity contribution < 1.29 is 19.4 Å². The molecule has 0 aliphatic rings. The van der Waals surface area contributed by atoms with Gasteiger partial charge in [0, 0.05) is 6.54 Å². The van der Waals surface area contributed by atoms with Gasteiger partial charge in [0.25, 0.3) is 5.91 Å². The summed E-state index contributed by atoms with van der Waals surface area (Å²) < 4.78 is 4.48. The van der Waals surface area contributed by atoms with Gasteiger partial charge in [-0.25, -0.2) is 0 Å². The Morgan fingerprint density at radius 1 is 1.53 bits per heavy atom. The third-order valence-electron chi connectivity index (χ3n) is 2.26. The second-order valence-electron chi connectivity index (χ2n) is 3.66. The molecule has 102 valence electrons. The van der Waals surface area contributed by atoms with Crippen LogP contribution in [-0.4, -0.2) is 37.2 Å². The topological polar surface area (TPSA) is 75.6 Å². The number of methoxy groups -OCH3 is 1. The number of aliphatic hydroxyl groups excluding tert-OH is 1. The molecule has 1 aromatic heterocycles. The first-order valence-electron chi connectivity index (χ1n) is 5.63. The van der Waals surface area contributed by atoms with E-state index in [0.717, 1.165) is 10.4 Å². The van der Waals surface area contributed by atoms with Gasteiger partial charge in [-0.2, -0.15) is 0 Å². The Morgan fingerprint density at radius 2 is 2.26 bits per heavy atom.